The molecule has 3 amide bonds. The summed E-state index contributed by atoms with van der Waals surface area (Å²) in [6.45, 7) is 11.5. The van der Waals surface area contributed by atoms with E-state index in [-0.39, 0.29) is 35.0 Å². The highest BCUT2D eigenvalue weighted by Crippen LogP contribution is 2.48. The average Bonchev–Trinajstić information content (AvgIpc) is 3.99. The number of ether oxygens (including phenoxy) is 2. The Balaban J connectivity index is 0.00000233. The molecule has 0 spiro atoms. The zero-order valence-electron chi connectivity index (χ0n) is 32.3. The number of carbonyl (C=O) groups is 3. The van der Waals surface area contributed by atoms with Crippen molar-refractivity contribution in [2.75, 3.05) is 6.54 Å². The van der Waals surface area contributed by atoms with Crippen LogP contribution in [0.3, 0.4) is 0 Å². The van der Waals surface area contributed by atoms with Gasteiger partial charge in [0.1, 0.15) is 29.1 Å². The van der Waals surface area contributed by atoms with Crippen LogP contribution in [-0.2, 0) is 24.3 Å². The smallest absolute Gasteiger partial charge is 0.408 e. The van der Waals surface area contributed by atoms with Gasteiger partial charge in [0.15, 0.2) is 0 Å². The number of alkyl carbamates (subject to hydrolysis) is 1. The number of fused-ring (bicyclic) bond motifs is 5. The van der Waals surface area contributed by atoms with Gasteiger partial charge in [-0.05, 0) is 89.8 Å². The molecule has 0 bridgehead atoms. The third kappa shape index (κ3) is 8.34. The molecule has 5 atom stereocenters. The Morgan fingerprint density at radius 3 is 2.54 bits per heavy atom. The van der Waals surface area contributed by atoms with Crippen LogP contribution in [0.5, 0.6) is 5.88 Å². The Hall–Kier alpha value is -4.76. The van der Waals surface area contributed by atoms with Crippen LogP contribution in [0.15, 0.2) is 66.9 Å². The number of carbonyl (C=O) groups excluding carboxylic acids is 3. The summed E-state index contributed by atoms with van der Waals surface area (Å²) in [5, 5.41) is 8.27. The Morgan fingerprint density at radius 2 is 1.82 bits per heavy atom. The second-order valence-corrected chi connectivity index (χ2v) is 18.9. The lowest BCUT2D eigenvalue weighted by Gasteiger charge is -2.34. The molecule has 4 aliphatic rings. The molecule has 2 aliphatic heterocycles. The average molecular weight is 800 g/mol. The molecule has 0 unspecified atom stereocenters. The van der Waals surface area contributed by atoms with Gasteiger partial charge in [-0.15, -0.1) is 0 Å². The zero-order chi connectivity index (χ0) is 39.3. The molecule has 56 heavy (non-hydrogen) atoms. The lowest BCUT2D eigenvalue weighted by atomic mass is 10.0. The third-order valence-electron chi connectivity index (χ3n) is 11.3. The molecule has 0 radical (unpaired) electrons. The molecule has 2 aliphatic carbocycles. The highest BCUT2D eigenvalue weighted by atomic mass is 32.2. The molecule has 2 saturated carbocycles. The Labute approximate surface area is 331 Å². The van der Waals surface area contributed by atoms with Crippen LogP contribution in [-0.4, -0.2) is 82.3 Å². The largest absolute Gasteiger partial charge is 0.472 e. The minimum absolute atomic E-state index is 0. The van der Waals surface area contributed by atoms with Crippen LogP contribution >= 0.6 is 0 Å². The second kappa shape index (κ2) is 15.3. The van der Waals surface area contributed by atoms with Crippen molar-refractivity contribution >= 4 is 49.6 Å². The van der Waals surface area contributed by atoms with E-state index in [0.29, 0.717) is 35.9 Å². The van der Waals surface area contributed by atoms with Gasteiger partial charge in [0, 0.05) is 39.2 Å². The number of benzene rings is 2. The van der Waals surface area contributed by atoms with Gasteiger partial charge in [-0.2, -0.15) is 0 Å². The van der Waals surface area contributed by atoms with E-state index in [1.807, 2.05) is 36.4 Å². The number of rotatable bonds is 6. The second-order valence-electron chi connectivity index (χ2n) is 16.7. The van der Waals surface area contributed by atoms with Crippen molar-refractivity contribution in [3.8, 4) is 5.88 Å². The van der Waals surface area contributed by atoms with E-state index in [0.717, 1.165) is 36.5 Å². The van der Waals surface area contributed by atoms with E-state index in [1.165, 1.54) is 12.1 Å². The standard InChI is InChI=1S/C41H50FN5O7S.H2O.3H2/c1-25-32(44-38(50)54-39(2,3)4)16-10-8-6-7-9-13-26-23-41(26,37(49)46-55(51,52)40(5)19-20-40)45-35(48)34-22-28(24-47(25)34)53-36-31-15-12-11-14-29(31)30-18-17-27(42)21-33(30)43-36;;;;/h9,11-15,17-18,21,26,28,32,34H,1,6-8,10,16,19-20,22-24H2,2-5H3,(H,44,50)(H,45,48)(H,46,49);1H2;3*1H/b13-9-;;;;/t26-,28-,32+,34+,41-;;;;/m1..../s1. The molecular formula is C41H58FN5O8S. The SMILES string of the molecule is C=C1[C@@H](NC(=O)OC(C)(C)C)CCCCC/C=C\[C@@H]2C[C@@]2(C(=O)NS(=O)(=O)C2(C)CC2)NC(=O)[C@@H]2C[C@@H](Oc3nc4cc(F)ccc4c4ccccc34)CN12.O.[HH].[HH].[HH]. The summed E-state index contributed by atoms with van der Waals surface area (Å²) in [4.78, 5) is 48.1. The fourth-order valence-electron chi connectivity index (χ4n) is 7.68. The number of halogens is 1. The number of hydrogen-bond donors (Lipinski definition) is 3. The van der Waals surface area contributed by atoms with Gasteiger partial charge < -0.3 is 30.5 Å². The summed E-state index contributed by atoms with van der Waals surface area (Å²) in [5.74, 6) is -1.82. The minimum Gasteiger partial charge on any atom is -0.472 e. The number of hydrogen-bond acceptors (Lipinski definition) is 9. The van der Waals surface area contributed by atoms with Crippen molar-refractivity contribution < 1.29 is 46.4 Å². The van der Waals surface area contributed by atoms with Crippen LogP contribution < -0.4 is 20.1 Å². The van der Waals surface area contributed by atoms with Crippen molar-refractivity contribution in [3.05, 3.63) is 72.7 Å². The van der Waals surface area contributed by atoms with E-state index in [1.54, 1.807) is 38.7 Å². The highest BCUT2D eigenvalue weighted by Gasteiger charge is 2.63. The highest BCUT2D eigenvalue weighted by molar-refractivity contribution is 7.91. The first-order chi connectivity index (χ1) is 26.0. The van der Waals surface area contributed by atoms with Gasteiger partial charge >= 0.3 is 6.09 Å². The Kier molecular flexibility index (Phi) is 11.2. The number of amides is 3. The van der Waals surface area contributed by atoms with Gasteiger partial charge in [-0.25, -0.2) is 22.6 Å². The first-order valence-electron chi connectivity index (χ1n) is 19.1. The molecule has 308 valence electrons. The van der Waals surface area contributed by atoms with Gasteiger partial charge in [-0.1, -0.05) is 49.8 Å². The number of nitrogens with zero attached hydrogens (tertiary/aromatic N) is 2. The summed E-state index contributed by atoms with van der Waals surface area (Å²) in [5.41, 5.74) is -1.32. The van der Waals surface area contributed by atoms with Crippen molar-refractivity contribution in [1.29, 1.82) is 0 Å². The number of pyridine rings is 1. The van der Waals surface area contributed by atoms with E-state index in [9.17, 15) is 27.2 Å². The summed E-state index contributed by atoms with van der Waals surface area (Å²) < 4.78 is 54.2. The molecule has 13 nitrogen and oxygen atoms in total. The van der Waals surface area contributed by atoms with Gasteiger partial charge in [-0.3, -0.25) is 14.3 Å². The van der Waals surface area contributed by atoms with Gasteiger partial charge in [0.2, 0.25) is 21.8 Å². The van der Waals surface area contributed by atoms with Crippen molar-refractivity contribution in [3.63, 3.8) is 0 Å². The van der Waals surface area contributed by atoms with E-state index >= 15 is 0 Å². The Morgan fingerprint density at radius 1 is 1.09 bits per heavy atom. The molecule has 15 heteroatoms. The molecule has 3 heterocycles. The lowest BCUT2D eigenvalue weighted by Crippen LogP contribution is -2.57. The van der Waals surface area contributed by atoms with Gasteiger partial charge in [0.25, 0.3) is 5.91 Å². The predicted octanol–water partition coefficient (Wildman–Crippen LogP) is 6.06. The normalized spacial score (nSPS) is 27.0. The summed E-state index contributed by atoms with van der Waals surface area (Å²) in [6.07, 6.45) is 7.67. The predicted molar refractivity (Wildman–Crippen MR) is 217 cm³/mol. The molecule has 7 rings (SSSR count). The number of sulfonamides is 1. The molecular weight excluding hydrogens is 742 g/mol. The first kappa shape index (κ1) is 40.9. The fraction of sp³-hybridized carbons (Fsp3) is 0.512. The van der Waals surface area contributed by atoms with Crippen LogP contribution in [0.4, 0.5) is 9.18 Å². The fourth-order valence-corrected chi connectivity index (χ4v) is 8.99. The van der Waals surface area contributed by atoms with Crippen LogP contribution in [0, 0.1) is 11.7 Å². The quantitative estimate of drug-likeness (QED) is 0.197. The van der Waals surface area contributed by atoms with Crippen molar-refractivity contribution in [2.45, 2.75) is 120 Å². The summed E-state index contributed by atoms with van der Waals surface area (Å²) >= 11 is 0. The van der Waals surface area contributed by atoms with Crippen LogP contribution in [0.1, 0.15) is 89.8 Å². The van der Waals surface area contributed by atoms with E-state index in [4.69, 9.17) is 14.5 Å². The van der Waals surface area contributed by atoms with Crippen LogP contribution in [0.2, 0.25) is 0 Å². The monoisotopic (exact) mass is 799 g/mol. The van der Waals surface area contributed by atoms with Crippen LogP contribution in [0.25, 0.3) is 21.7 Å². The first-order valence-corrected chi connectivity index (χ1v) is 20.6. The maximum Gasteiger partial charge on any atom is 0.408 e. The Bertz CT molecular complexity index is 2200. The zero-order valence-corrected chi connectivity index (χ0v) is 33.1. The maximum absolute atomic E-state index is 14.6. The summed E-state index contributed by atoms with van der Waals surface area (Å²) in [6, 6.07) is 10.5. The van der Waals surface area contributed by atoms with Crippen molar-refractivity contribution in [2.24, 2.45) is 5.92 Å². The number of allylic oxidation sites excluding steroid dienone is 1. The molecule has 3 fully saturated rings. The molecule has 1 aromatic heterocycles. The molecule has 5 N–H and O–H groups in total. The van der Waals surface area contributed by atoms with Gasteiger partial charge in [0.05, 0.1) is 22.9 Å². The molecule has 3 aromatic rings. The van der Waals surface area contributed by atoms with E-state index in [2.05, 4.69) is 21.9 Å². The lowest BCUT2D eigenvalue weighted by molar-refractivity contribution is -0.131. The number of aromatic nitrogens is 1. The third-order valence-corrected chi connectivity index (χ3v) is 13.4. The topological polar surface area (TPSA) is 188 Å². The maximum atomic E-state index is 14.6. The van der Waals surface area contributed by atoms with Crippen molar-refractivity contribution in [1.82, 2.24) is 25.2 Å². The number of nitrogens with one attached hydrogen (secondary N) is 3. The molecule has 1 saturated heterocycles. The molecule has 2 aromatic carbocycles. The summed E-state index contributed by atoms with van der Waals surface area (Å²) in [7, 11) is -3.97. The minimum atomic E-state index is -3.97. The van der Waals surface area contributed by atoms with E-state index < -0.39 is 73.7 Å².